The van der Waals surface area contributed by atoms with Gasteiger partial charge < -0.3 is 20.1 Å². The molecule has 144 valence electrons. The minimum Gasteiger partial charge on any atom is -0.488 e. The topological polar surface area (TPSA) is 70.5 Å². The molecule has 2 N–H and O–H groups in total. The molecule has 0 aliphatic carbocycles. The molecule has 0 bridgehead atoms. The third-order valence-corrected chi connectivity index (χ3v) is 5.69. The summed E-state index contributed by atoms with van der Waals surface area (Å²) in [5.74, 6) is 2.15. The van der Waals surface area contributed by atoms with E-state index in [9.17, 15) is 5.11 Å². The summed E-state index contributed by atoms with van der Waals surface area (Å²) in [4.78, 5) is 10.8. The molecular weight excluding hydrogens is 364 g/mol. The van der Waals surface area contributed by atoms with Crippen LogP contribution in [0.4, 0.5) is 11.5 Å². The quantitative estimate of drug-likeness (QED) is 0.783. The Morgan fingerprint density at radius 1 is 1.30 bits per heavy atom. The minimum absolute atomic E-state index is 0.186. The van der Waals surface area contributed by atoms with Crippen LogP contribution >= 0.6 is 11.6 Å². The van der Waals surface area contributed by atoms with E-state index >= 15 is 0 Å². The Morgan fingerprint density at radius 3 is 2.89 bits per heavy atom. The molecule has 3 heterocycles. The summed E-state index contributed by atoms with van der Waals surface area (Å²) in [5.41, 5.74) is 3.37. The largest absolute Gasteiger partial charge is 0.488 e. The van der Waals surface area contributed by atoms with E-state index in [2.05, 4.69) is 38.4 Å². The summed E-state index contributed by atoms with van der Waals surface area (Å²) < 4.78 is 6.35. The van der Waals surface area contributed by atoms with Gasteiger partial charge in [0.05, 0.1) is 5.69 Å². The van der Waals surface area contributed by atoms with Crippen molar-refractivity contribution in [2.24, 2.45) is 0 Å². The molecule has 0 unspecified atom stereocenters. The lowest BCUT2D eigenvalue weighted by atomic mass is 10.0. The van der Waals surface area contributed by atoms with E-state index in [1.807, 2.05) is 6.92 Å². The van der Waals surface area contributed by atoms with Gasteiger partial charge in [-0.2, -0.15) is 0 Å². The fourth-order valence-electron chi connectivity index (χ4n) is 3.84. The van der Waals surface area contributed by atoms with E-state index in [0.717, 1.165) is 61.7 Å². The summed E-state index contributed by atoms with van der Waals surface area (Å²) in [5, 5.41) is 13.2. The van der Waals surface area contributed by atoms with Crippen LogP contribution in [0.1, 0.15) is 36.2 Å². The molecule has 2 aromatic rings. The molecule has 1 aromatic carbocycles. The second kappa shape index (κ2) is 7.90. The second-order valence-corrected chi connectivity index (χ2v) is 7.52. The number of halogens is 1. The Kier molecular flexibility index (Phi) is 5.36. The number of aryl methyl sites for hydroxylation is 1. The summed E-state index contributed by atoms with van der Waals surface area (Å²) in [6.07, 6.45) is 4.30. The van der Waals surface area contributed by atoms with Gasteiger partial charge in [-0.3, -0.25) is 0 Å². The maximum absolute atomic E-state index is 9.35. The van der Waals surface area contributed by atoms with Crippen molar-refractivity contribution in [2.75, 3.05) is 29.9 Å². The molecule has 1 saturated heterocycles. The summed E-state index contributed by atoms with van der Waals surface area (Å²) in [7, 11) is 0. The van der Waals surface area contributed by atoms with Crippen molar-refractivity contribution in [1.29, 1.82) is 0 Å². The van der Waals surface area contributed by atoms with Crippen molar-refractivity contribution in [3.8, 4) is 5.75 Å². The number of hydrogen-bond acceptors (Lipinski definition) is 6. The van der Waals surface area contributed by atoms with Crippen molar-refractivity contribution in [3.05, 3.63) is 40.3 Å². The normalized spacial score (nSPS) is 17.4. The number of hydrogen-bond donors (Lipinski definition) is 2. The number of aliphatic hydroxyl groups is 1. The zero-order valence-corrected chi connectivity index (χ0v) is 16.3. The van der Waals surface area contributed by atoms with E-state index in [1.54, 1.807) is 0 Å². The van der Waals surface area contributed by atoms with Crippen LogP contribution in [0, 0.1) is 6.92 Å². The van der Waals surface area contributed by atoms with Crippen molar-refractivity contribution < 1.29 is 9.84 Å². The first kappa shape index (κ1) is 18.3. The van der Waals surface area contributed by atoms with Gasteiger partial charge in [0.25, 0.3) is 0 Å². The number of benzene rings is 1. The molecule has 0 amide bonds. The highest BCUT2D eigenvalue weighted by atomic mass is 35.5. The maximum Gasteiger partial charge on any atom is 0.157 e. The van der Waals surface area contributed by atoms with Crippen molar-refractivity contribution >= 4 is 23.1 Å². The molecule has 1 fully saturated rings. The van der Waals surface area contributed by atoms with E-state index < -0.39 is 0 Å². The molecule has 6 nitrogen and oxygen atoms in total. The highest BCUT2D eigenvalue weighted by molar-refractivity contribution is 6.30. The summed E-state index contributed by atoms with van der Waals surface area (Å²) >= 11 is 6.20. The summed E-state index contributed by atoms with van der Waals surface area (Å²) in [6.45, 7) is 4.40. The number of nitrogens with one attached hydrogen (secondary N) is 1. The first-order valence-corrected chi connectivity index (χ1v) is 9.94. The van der Waals surface area contributed by atoms with Crippen LogP contribution in [0.15, 0.2) is 18.2 Å². The van der Waals surface area contributed by atoms with Gasteiger partial charge in [-0.25, -0.2) is 9.97 Å². The molecule has 0 radical (unpaired) electrons. The van der Waals surface area contributed by atoms with E-state index in [0.29, 0.717) is 11.0 Å². The number of aromatic nitrogens is 2. The zero-order chi connectivity index (χ0) is 18.8. The van der Waals surface area contributed by atoms with Crippen molar-refractivity contribution in [3.63, 3.8) is 0 Å². The molecule has 27 heavy (non-hydrogen) atoms. The van der Waals surface area contributed by atoms with Crippen LogP contribution < -0.4 is 15.0 Å². The lowest BCUT2D eigenvalue weighted by Gasteiger charge is -2.34. The van der Waals surface area contributed by atoms with Crippen molar-refractivity contribution in [1.82, 2.24) is 9.97 Å². The third kappa shape index (κ3) is 3.82. The van der Waals surface area contributed by atoms with E-state index in [-0.39, 0.29) is 12.7 Å². The third-order valence-electron chi connectivity index (χ3n) is 5.32. The Morgan fingerprint density at radius 2 is 2.11 bits per heavy atom. The molecular formula is C20H25ClN4O2. The Hall–Kier alpha value is -2.05. The zero-order valence-electron chi connectivity index (χ0n) is 15.5. The van der Waals surface area contributed by atoms with Crippen LogP contribution in [0.5, 0.6) is 5.75 Å². The van der Waals surface area contributed by atoms with Crippen molar-refractivity contribution in [2.45, 2.75) is 45.3 Å². The van der Waals surface area contributed by atoms with Gasteiger partial charge in [0.2, 0.25) is 0 Å². The smallest absolute Gasteiger partial charge is 0.157 e. The number of ether oxygens (including phenoxy) is 1. The lowest BCUT2D eigenvalue weighted by molar-refractivity contribution is 0.171. The van der Waals surface area contributed by atoms with Crippen LogP contribution in [-0.2, 0) is 13.0 Å². The highest BCUT2D eigenvalue weighted by Gasteiger charge is 2.25. The summed E-state index contributed by atoms with van der Waals surface area (Å²) in [6, 6.07) is 6.32. The number of piperidine rings is 1. The molecule has 7 heteroatoms. The molecule has 0 atom stereocenters. The first-order chi connectivity index (χ1) is 13.2. The second-order valence-electron chi connectivity index (χ2n) is 7.16. The molecule has 0 saturated carbocycles. The van der Waals surface area contributed by atoms with Crippen LogP contribution in [0.3, 0.4) is 0 Å². The van der Waals surface area contributed by atoms with Gasteiger partial charge in [-0.05, 0) is 31.4 Å². The predicted molar refractivity (Wildman–Crippen MR) is 107 cm³/mol. The van der Waals surface area contributed by atoms with E-state index in [4.69, 9.17) is 16.3 Å². The molecule has 4 rings (SSSR count). The Labute approximate surface area is 164 Å². The molecule has 1 aromatic heterocycles. The fraction of sp³-hybridized carbons (Fsp3) is 0.500. The number of aliphatic hydroxyl groups excluding tert-OH is 1. The first-order valence-electron chi connectivity index (χ1n) is 9.57. The standard InChI is InChI=1S/C20H25ClN4O2/c1-13-19(21)23-17(12-26)24-20(13)25-10-7-15(8-11-25)27-16-6-2-4-14-5-3-9-22-18(14)16/h2,4,6,15,22,26H,3,5,7-12H2,1H3. The predicted octanol–water partition coefficient (Wildman–Crippen LogP) is 3.34. The van der Waals surface area contributed by atoms with Gasteiger partial charge in [0.1, 0.15) is 29.4 Å². The Balaban J connectivity index is 1.44. The number of rotatable bonds is 4. The number of fused-ring (bicyclic) bond motifs is 1. The minimum atomic E-state index is -0.210. The molecule has 0 spiro atoms. The maximum atomic E-state index is 9.35. The number of para-hydroxylation sites is 1. The Bertz CT molecular complexity index is 822. The van der Waals surface area contributed by atoms with Gasteiger partial charge in [0.15, 0.2) is 5.82 Å². The fourth-order valence-corrected chi connectivity index (χ4v) is 4.02. The molecule has 2 aliphatic heterocycles. The van der Waals surface area contributed by atoms with Gasteiger partial charge >= 0.3 is 0 Å². The van der Waals surface area contributed by atoms with Gasteiger partial charge in [0, 0.05) is 38.0 Å². The number of anilines is 2. The van der Waals surface area contributed by atoms with Crippen LogP contribution in [-0.4, -0.2) is 40.8 Å². The van der Waals surface area contributed by atoms with Crippen LogP contribution in [0.2, 0.25) is 5.15 Å². The lowest BCUT2D eigenvalue weighted by Crippen LogP contribution is -2.39. The average Bonchev–Trinajstić information content (AvgIpc) is 2.71. The SMILES string of the molecule is Cc1c(Cl)nc(CO)nc1N1CCC(Oc2cccc3c2NCCC3)CC1. The van der Waals surface area contributed by atoms with Gasteiger partial charge in [-0.15, -0.1) is 0 Å². The number of nitrogens with zero attached hydrogens (tertiary/aromatic N) is 3. The highest BCUT2D eigenvalue weighted by Crippen LogP contribution is 2.34. The van der Waals surface area contributed by atoms with Gasteiger partial charge in [-0.1, -0.05) is 23.7 Å². The average molecular weight is 389 g/mol. The molecule has 2 aliphatic rings. The van der Waals surface area contributed by atoms with E-state index in [1.165, 1.54) is 12.0 Å². The van der Waals surface area contributed by atoms with Crippen LogP contribution in [0.25, 0.3) is 0 Å². The monoisotopic (exact) mass is 388 g/mol.